The van der Waals surface area contributed by atoms with E-state index in [4.69, 9.17) is 9.47 Å². The second kappa shape index (κ2) is 8.97. The molecule has 1 aromatic heterocycles. The maximum Gasteiger partial charge on any atom is 0.274 e. The Morgan fingerprint density at radius 1 is 1.18 bits per heavy atom. The number of nitrogens with zero attached hydrogens (tertiary/aromatic N) is 3. The van der Waals surface area contributed by atoms with Crippen molar-refractivity contribution < 1.29 is 23.5 Å². The van der Waals surface area contributed by atoms with E-state index in [0.717, 1.165) is 10.4 Å². The number of amides is 2. The number of benzene rings is 2. The third-order valence-electron chi connectivity index (χ3n) is 6.21. The molecule has 172 valence electrons. The highest BCUT2D eigenvalue weighted by atomic mass is 32.1. The number of methoxy groups -OCH3 is 1. The Bertz CT molecular complexity index is 1190. The zero-order valence-corrected chi connectivity index (χ0v) is 19.0. The Kier molecular flexibility index (Phi) is 5.88. The Morgan fingerprint density at radius 2 is 1.97 bits per heavy atom. The normalized spacial score (nSPS) is 19.3. The minimum atomic E-state index is -0.354. The van der Waals surface area contributed by atoms with Crippen molar-refractivity contribution in [3.8, 4) is 10.9 Å². The largest absolute Gasteiger partial charge is 0.497 e. The summed E-state index contributed by atoms with van der Waals surface area (Å²) in [6, 6.07) is 12.2. The number of rotatable bonds is 5. The van der Waals surface area contributed by atoms with Crippen LogP contribution in [-0.2, 0) is 9.59 Å². The van der Waals surface area contributed by atoms with E-state index in [1.807, 2.05) is 35.2 Å². The number of hydrogen-bond donors (Lipinski definition) is 0. The maximum atomic E-state index is 13.9. The lowest BCUT2D eigenvalue weighted by Crippen LogP contribution is -2.44. The van der Waals surface area contributed by atoms with Gasteiger partial charge in [0, 0.05) is 50.7 Å². The van der Waals surface area contributed by atoms with Gasteiger partial charge < -0.3 is 19.3 Å². The lowest BCUT2D eigenvalue weighted by atomic mass is 10.0. The zero-order valence-electron chi connectivity index (χ0n) is 18.2. The van der Waals surface area contributed by atoms with E-state index in [1.165, 1.54) is 17.4 Å². The van der Waals surface area contributed by atoms with Gasteiger partial charge in [-0.1, -0.05) is 23.5 Å². The summed E-state index contributed by atoms with van der Waals surface area (Å²) in [5.41, 5.74) is 1.07. The number of hydrogen-bond acceptors (Lipinski definition) is 6. The van der Waals surface area contributed by atoms with E-state index in [-0.39, 0.29) is 36.1 Å². The van der Waals surface area contributed by atoms with Crippen LogP contribution in [-0.4, -0.2) is 54.5 Å². The molecule has 2 fully saturated rings. The summed E-state index contributed by atoms with van der Waals surface area (Å²) in [5, 5.41) is 0.454. The SMILES string of the molecule is COc1cccc(N2CC(C(=O)N3CCC(Oc4nc5c(F)cccc5s4)CC3)CC2=O)c1. The molecule has 3 heterocycles. The average molecular weight is 470 g/mol. The minimum absolute atomic E-state index is 0.00857. The van der Waals surface area contributed by atoms with E-state index in [0.29, 0.717) is 48.9 Å². The van der Waals surface area contributed by atoms with Gasteiger partial charge in [0.2, 0.25) is 11.8 Å². The standard InChI is InChI=1S/C24H24FN3O4S/c1-31-18-5-2-4-16(13-18)28-14-15(12-21(28)29)23(30)27-10-8-17(9-11-27)32-24-26-22-19(25)6-3-7-20(22)33-24/h2-7,13,15,17H,8-12,14H2,1H3. The number of piperidine rings is 1. The Labute approximate surface area is 194 Å². The maximum absolute atomic E-state index is 13.9. The number of halogens is 1. The monoisotopic (exact) mass is 469 g/mol. The second-order valence-corrected chi connectivity index (χ2v) is 9.31. The summed E-state index contributed by atoms with van der Waals surface area (Å²) >= 11 is 1.33. The van der Waals surface area contributed by atoms with Crippen LogP contribution in [0.2, 0.25) is 0 Å². The molecule has 2 saturated heterocycles. The number of thiazole rings is 1. The Morgan fingerprint density at radius 3 is 2.73 bits per heavy atom. The molecule has 2 aliphatic rings. The van der Waals surface area contributed by atoms with E-state index in [1.54, 1.807) is 18.1 Å². The van der Waals surface area contributed by atoms with Gasteiger partial charge in [-0.2, -0.15) is 4.98 Å². The molecule has 7 nitrogen and oxygen atoms in total. The van der Waals surface area contributed by atoms with Crippen molar-refractivity contribution >= 4 is 39.1 Å². The number of carbonyl (C=O) groups excluding carboxylic acids is 2. The van der Waals surface area contributed by atoms with Crippen LogP contribution in [0.25, 0.3) is 10.2 Å². The summed E-state index contributed by atoms with van der Waals surface area (Å²) in [5.74, 6) is -0.0771. The molecule has 0 radical (unpaired) electrons. The predicted octanol–water partition coefficient (Wildman–Crippen LogP) is 3.87. The first-order valence-electron chi connectivity index (χ1n) is 11.0. The highest BCUT2D eigenvalue weighted by Gasteiger charge is 2.38. The summed E-state index contributed by atoms with van der Waals surface area (Å²) in [6.07, 6.45) is 1.48. The van der Waals surface area contributed by atoms with Crippen LogP contribution in [0.5, 0.6) is 10.9 Å². The van der Waals surface area contributed by atoms with Crippen molar-refractivity contribution in [2.45, 2.75) is 25.4 Å². The van der Waals surface area contributed by atoms with Crippen LogP contribution in [0.15, 0.2) is 42.5 Å². The van der Waals surface area contributed by atoms with Crippen LogP contribution in [0.1, 0.15) is 19.3 Å². The van der Waals surface area contributed by atoms with E-state index < -0.39 is 0 Å². The molecular weight excluding hydrogens is 445 g/mol. The van der Waals surface area contributed by atoms with Gasteiger partial charge in [0.05, 0.1) is 17.7 Å². The lowest BCUT2D eigenvalue weighted by molar-refractivity contribution is -0.137. The summed E-state index contributed by atoms with van der Waals surface area (Å²) in [7, 11) is 1.58. The quantitative estimate of drug-likeness (QED) is 0.567. The molecule has 0 aliphatic carbocycles. The van der Waals surface area contributed by atoms with Gasteiger partial charge in [0.15, 0.2) is 0 Å². The predicted molar refractivity (Wildman–Crippen MR) is 123 cm³/mol. The fourth-order valence-corrected chi connectivity index (χ4v) is 5.34. The molecule has 5 rings (SSSR count). The molecular formula is C24H24FN3O4S. The van der Waals surface area contributed by atoms with Gasteiger partial charge in [0.25, 0.3) is 5.19 Å². The van der Waals surface area contributed by atoms with Crippen molar-refractivity contribution in [3.05, 3.63) is 48.3 Å². The second-order valence-electron chi connectivity index (χ2n) is 8.32. The van der Waals surface area contributed by atoms with Crippen molar-refractivity contribution in [1.82, 2.24) is 9.88 Å². The molecule has 2 aliphatic heterocycles. The number of aromatic nitrogens is 1. The number of anilines is 1. The zero-order chi connectivity index (χ0) is 22.9. The van der Waals surface area contributed by atoms with Crippen LogP contribution >= 0.6 is 11.3 Å². The third-order valence-corrected chi connectivity index (χ3v) is 7.12. The first kappa shape index (κ1) is 21.6. The molecule has 1 unspecified atom stereocenters. The molecule has 9 heteroatoms. The molecule has 0 bridgehead atoms. The van der Waals surface area contributed by atoms with E-state index in [9.17, 15) is 14.0 Å². The van der Waals surface area contributed by atoms with Gasteiger partial charge in [0.1, 0.15) is 23.2 Å². The highest BCUT2D eigenvalue weighted by molar-refractivity contribution is 7.20. The number of likely N-dealkylation sites (tertiary alicyclic amines) is 1. The first-order chi connectivity index (χ1) is 16.0. The van der Waals surface area contributed by atoms with Crippen LogP contribution in [0, 0.1) is 11.7 Å². The van der Waals surface area contributed by atoms with Crippen molar-refractivity contribution in [3.63, 3.8) is 0 Å². The van der Waals surface area contributed by atoms with Crippen molar-refractivity contribution in [1.29, 1.82) is 0 Å². The smallest absolute Gasteiger partial charge is 0.274 e. The number of carbonyl (C=O) groups is 2. The number of ether oxygens (including phenoxy) is 2. The fraction of sp³-hybridized carbons (Fsp3) is 0.375. The van der Waals surface area contributed by atoms with Gasteiger partial charge in [-0.15, -0.1) is 0 Å². The fourth-order valence-electron chi connectivity index (χ4n) is 4.44. The molecule has 0 spiro atoms. The van der Waals surface area contributed by atoms with Crippen molar-refractivity contribution in [2.75, 3.05) is 31.6 Å². The molecule has 0 saturated carbocycles. The lowest BCUT2D eigenvalue weighted by Gasteiger charge is -2.33. The van der Waals surface area contributed by atoms with Crippen molar-refractivity contribution in [2.24, 2.45) is 5.92 Å². The number of fused-ring (bicyclic) bond motifs is 1. The molecule has 2 amide bonds. The molecule has 3 aromatic rings. The van der Waals surface area contributed by atoms with Gasteiger partial charge in [-0.3, -0.25) is 9.59 Å². The summed E-state index contributed by atoms with van der Waals surface area (Å²) in [6.45, 7) is 1.50. The topological polar surface area (TPSA) is 72.0 Å². The van der Waals surface area contributed by atoms with Gasteiger partial charge >= 0.3 is 0 Å². The molecule has 1 atom stereocenters. The first-order valence-corrected chi connectivity index (χ1v) is 11.8. The third kappa shape index (κ3) is 4.37. The molecule has 2 aromatic carbocycles. The average Bonchev–Trinajstić information content (AvgIpc) is 3.43. The van der Waals surface area contributed by atoms with Gasteiger partial charge in [-0.05, 0) is 24.3 Å². The minimum Gasteiger partial charge on any atom is -0.497 e. The summed E-state index contributed by atoms with van der Waals surface area (Å²) in [4.78, 5) is 33.4. The van der Waals surface area contributed by atoms with Gasteiger partial charge in [-0.25, -0.2) is 4.39 Å². The highest BCUT2D eigenvalue weighted by Crippen LogP contribution is 2.32. The number of para-hydroxylation sites is 1. The van der Waals surface area contributed by atoms with Crippen LogP contribution < -0.4 is 14.4 Å². The van der Waals surface area contributed by atoms with Crippen LogP contribution in [0.4, 0.5) is 10.1 Å². The van der Waals surface area contributed by atoms with Crippen LogP contribution in [0.3, 0.4) is 0 Å². The Hall–Kier alpha value is -3.20. The molecule has 33 heavy (non-hydrogen) atoms. The van der Waals surface area contributed by atoms with E-state index >= 15 is 0 Å². The molecule has 0 N–H and O–H groups in total. The Balaban J connectivity index is 1.17. The van der Waals surface area contributed by atoms with E-state index in [2.05, 4.69) is 4.98 Å². The summed E-state index contributed by atoms with van der Waals surface area (Å²) < 4.78 is 25.9.